The van der Waals surface area contributed by atoms with Crippen molar-refractivity contribution < 1.29 is 22.7 Å². The number of ether oxygens (including phenoxy) is 1. The molecule has 0 aromatic heterocycles. The van der Waals surface area contributed by atoms with Crippen LogP contribution in [0.4, 0.5) is 13.2 Å². The zero-order chi connectivity index (χ0) is 18.3. The van der Waals surface area contributed by atoms with Crippen molar-refractivity contribution in [2.45, 2.75) is 39.0 Å². The molecule has 1 heterocycles. The van der Waals surface area contributed by atoms with Crippen molar-refractivity contribution in [3.05, 3.63) is 29.8 Å². The molecule has 1 aromatic rings. The Morgan fingerprint density at radius 2 is 1.96 bits per heavy atom. The normalized spacial score (nSPS) is 16.5. The summed E-state index contributed by atoms with van der Waals surface area (Å²) < 4.78 is 41.2. The van der Waals surface area contributed by atoms with Gasteiger partial charge in [0.25, 0.3) is 0 Å². The van der Waals surface area contributed by atoms with Crippen LogP contribution < -0.4 is 15.4 Å². The maximum atomic E-state index is 12.4. The second-order valence-corrected chi connectivity index (χ2v) is 6.52. The number of carbonyl (C=O) groups excluding carboxylic acids is 1. The van der Waals surface area contributed by atoms with Gasteiger partial charge >= 0.3 is 6.36 Å². The van der Waals surface area contributed by atoms with E-state index in [1.54, 1.807) is 12.1 Å². The maximum Gasteiger partial charge on any atom is 0.573 e. The second-order valence-electron chi connectivity index (χ2n) is 6.52. The minimum Gasteiger partial charge on any atom is -0.406 e. The van der Waals surface area contributed by atoms with Crippen molar-refractivity contribution in [1.29, 1.82) is 0 Å². The first-order valence-corrected chi connectivity index (χ1v) is 8.66. The summed E-state index contributed by atoms with van der Waals surface area (Å²) in [5, 5.41) is 6.10. The van der Waals surface area contributed by atoms with Gasteiger partial charge < -0.3 is 15.4 Å². The van der Waals surface area contributed by atoms with Crippen molar-refractivity contribution in [3.8, 4) is 5.75 Å². The van der Waals surface area contributed by atoms with E-state index in [1.807, 2.05) is 0 Å². The van der Waals surface area contributed by atoms with Crippen LogP contribution in [0.15, 0.2) is 24.3 Å². The highest BCUT2D eigenvalue weighted by molar-refractivity contribution is 5.85. The molecule has 1 aromatic carbocycles. The largest absolute Gasteiger partial charge is 0.573 e. The molecule has 148 valence electrons. The summed E-state index contributed by atoms with van der Waals surface area (Å²) in [5.41, 5.74) is 0.423. The number of benzene rings is 1. The van der Waals surface area contributed by atoms with Gasteiger partial charge in [0, 0.05) is 13.0 Å². The molecule has 0 spiro atoms. The molecule has 1 amide bonds. The van der Waals surface area contributed by atoms with Gasteiger partial charge in [0.05, 0.1) is 0 Å². The molecule has 1 aliphatic rings. The molecule has 2 rings (SSSR count). The minimum absolute atomic E-state index is 0. The first-order chi connectivity index (χ1) is 11.8. The number of hydrogen-bond acceptors (Lipinski definition) is 3. The van der Waals surface area contributed by atoms with E-state index in [0.717, 1.165) is 25.9 Å². The Balaban J connectivity index is 0.00000338. The van der Waals surface area contributed by atoms with Crippen LogP contribution in [0.3, 0.4) is 0 Å². The Bertz CT molecular complexity index is 564. The molecular weight excluding hydrogens is 369 g/mol. The molecule has 1 unspecified atom stereocenters. The maximum absolute atomic E-state index is 12.4. The van der Waals surface area contributed by atoms with Crippen LogP contribution in [0.5, 0.6) is 5.75 Å². The molecule has 26 heavy (non-hydrogen) atoms. The van der Waals surface area contributed by atoms with Crippen LogP contribution in [0.1, 0.15) is 31.7 Å². The Labute approximate surface area is 158 Å². The third-order valence-corrected chi connectivity index (χ3v) is 4.61. The third kappa shape index (κ3) is 7.83. The van der Waals surface area contributed by atoms with Crippen molar-refractivity contribution in [1.82, 2.24) is 10.6 Å². The van der Waals surface area contributed by atoms with E-state index in [-0.39, 0.29) is 30.6 Å². The average molecular weight is 395 g/mol. The summed E-state index contributed by atoms with van der Waals surface area (Å²) in [5.74, 6) is 0.587. The van der Waals surface area contributed by atoms with E-state index in [0.29, 0.717) is 30.2 Å². The molecule has 8 heteroatoms. The second kappa shape index (κ2) is 10.6. The Morgan fingerprint density at radius 3 is 2.62 bits per heavy atom. The van der Waals surface area contributed by atoms with Gasteiger partial charge in [-0.2, -0.15) is 0 Å². The molecule has 1 atom stereocenters. The van der Waals surface area contributed by atoms with Crippen LogP contribution >= 0.6 is 12.4 Å². The number of carbonyl (C=O) groups is 1. The third-order valence-electron chi connectivity index (χ3n) is 4.61. The zero-order valence-corrected chi connectivity index (χ0v) is 15.6. The summed E-state index contributed by atoms with van der Waals surface area (Å²) in [6, 6.07) is 6.00. The van der Waals surface area contributed by atoms with Crippen LogP contribution in [0.2, 0.25) is 0 Å². The molecule has 1 fully saturated rings. The Kier molecular flexibility index (Phi) is 9.22. The predicted octanol–water partition coefficient (Wildman–Crippen LogP) is 3.69. The zero-order valence-electron chi connectivity index (χ0n) is 14.8. The van der Waals surface area contributed by atoms with Gasteiger partial charge in [-0.25, -0.2) is 0 Å². The summed E-state index contributed by atoms with van der Waals surface area (Å²) >= 11 is 0. The lowest BCUT2D eigenvalue weighted by atomic mass is 9.84. The standard InChI is InChI=1S/C18H25F3N2O2.ClH/c1-13(14-6-9-22-10-7-14)12-17(24)23-11-8-15-4-2-3-5-16(15)25-18(19,20)21;/h2-5,13-14,22H,6-12H2,1H3,(H,23,24);1H. The number of rotatable bonds is 7. The van der Waals surface area contributed by atoms with E-state index in [9.17, 15) is 18.0 Å². The van der Waals surface area contributed by atoms with Crippen LogP contribution in [0, 0.1) is 11.8 Å². The number of alkyl halides is 3. The first kappa shape index (κ1) is 22.6. The highest BCUT2D eigenvalue weighted by atomic mass is 35.5. The van der Waals surface area contributed by atoms with Crippen molar-refractivity contribution in [2.75, 3.05) is 19.6 Å². The SMILES string of the molecule is CC(CC(=O)NCCc1ccccc1OC(F)(F)F)C1CCNCC1.Cl. The van der Waals surface area contributed by atoms with Gasteiger partial charge in [0.2, 0.25) is 5.91 Å². The molecule has 1 saturated heterocycles. The number of piperidine rings is 1. The Morgan fingerprint density at radius 1 is 1.31 bits per heavy atom. The quantitative estimate of drug-likeness (QED) is 0.741. The van der Waals surface area contributed by atoms with Gasteiger partial charge in [0.1, 0.15) is 5.75 Å². The van der Waals surface area contributed by atoms with E-state index in [1.165, 1.54) is 12.1 Å². The highest BCUT2D eigenvalue weighted by Crippen LogP contribution is 2.26. The van der Waals surface area contributed by atoms with Gasteiger partial charge in [-0.05, 0) is 55.8 Å². The molecule has 0 bridgehead atoms. The lowest BCUT2D eigenvalue weighted by Gasteiger charge is -2.27. The number of hydrogen-bond donors (Lipinski definition) is 2. The summed E-state index contributed by atoms with van der Waals surface area (Å²) in [7, 11) is 0. The van der Waals surface area contributed by atoms with Crippen molar-refractivity contribution >= 4 is 18.3 Å². The van der Waals surface area contributed by atoms with E-state index >= 15 is 0 Å². The monoisotopic (exact) mass is 394 g/mol. The lowest BCUT2D eigenvalue weighted by molar-refractivity contribution is -0.274. The number of halogens is 4. The van der Waals surface area contributed by atoms with Crippen molar-refractivity contribution in [3.63, 3.8) is 0 Å². The molecule has 2 N–H and O–H groups in total. The summed E-state index contributed by atoms with van der Waals surface area (Å²) in [6.45, 7) is 4.36. The van der Waals surface area contributed by atoms with E-state index in [2.05, 4.69) is 22.3 Å². The number of para-hydroxylation sites is 1. The fourth-order valence-corrected chi connectivity index (χ4v) is 3.22. The van der Waals surface area contributed by atoms with E-state index in [4.69, 9.17) is 0 Å². The Hall–Kier alpha value is -1.47. The molecule has 1 aliphatic heterocycles. The van der Waals surface area contributed by atoms with Crippen molar-refractivity contribution in [2.24, 2.45) is 11.8 Å². The van der Waals surface area contributed by atoms with E-state index < -0.39 is 6.36 Å². The fraction of sp³-hybridized carbons (Fsp3) is 0.611. The van der Waals surface area contributed by atoms with Gasteiger partial charge in [-0.15, -0.1) is 25.6 Å². The molecular formula is C18H26ClF3N2O2. The number of nitrogens with one attached hydrogen (secondary N) is 2. The van der Waals surface area contributed by atoms with Gasteiger partial charge in [0.15, 0.2) is 0 Å². The predicted molar refractivity (Wildman–Crippen MR) is 96.5 cm³/mol. The topological polar surface area (TPSA) is 50.4 Å². The highest BCUT2D eigenvalue weighted by Gasteiger charge is 2.31. The van der Waals surface area contributed by atoms with Gasteiger partial charge in [-0.3, -0.25) is 4.79 Å². The minimum atomic E-state index is -4.72. The van der Waals surface area contributed by atoms with Crippen LogP contribution in [0.25, 0.3) is 0 Å². The summed E-state index contributed by atoms with van der Waals surface area (Å²) in [6.07, 6.45) is -1.82. The fourth-order valence-electron chi connectivity index (χ4n) is 3.22. The van der Waals surface area contributed by atoms with Gasteiger partial charge in [-0.1, -0.05) is 25.1 Å². The summed E-state index contributed by atoms with van der Waals surface area (Å²) in [4.78, 5) is 12.1. The molecule has 4 nitrogen and oxygen atoms in total. The first-order valence-electron chi connectivity index (χ1n) is 8.66. The lowest BCUT2D eigenvalue weighted by Crippen LogP contribution is -2.34. The molecule has 0 saturated carbocycles. The molecule has 0 aliphatic carbocycles. The van der Waals surface area contributed by atoms with Crippen LogP contribution in [-0.2, 0) is 11.2 Å². The average Bonchev–Trinajstić information content (AvgIpc) is 2.56. The molecule has 0 radical (unpaired) electrons. The smallest absolute Gasteiger partial charge is 0.406 e. The van der Waals surface area contributed by atoms with Crippen LogP contribution in [-0.4, -0.2) is 31.9 Å². The number of amides is 1.